The predicted octanol–water partition coefficient (Wildman–Crippen LogP) is 3.64. The molecule has 2 aromatic carbocycles. The van der Waals surface area contributed by atoms with Crippen LogP contribution in [0.2, 0.25) is 0 Å². The first-order valence-corrected chi connectivity index (χ1v) is 8.38. The van der Waals surface area contributed by atoms with Crippen molar-refractivity contribution < 1.29 is 27.5 Å². The average molecular weight is 378 g/mol. The molecule has 0 saturated carbocycles. The van der Waals surface area contributed by atoms with Crippen molar-refractivity contribution in [2.45, 2.75) is 25.9 Å². The van der Waals surface area contributed by atoms with E-state index in [0.717, 1.165) is 18.6 Å². The zero-order chi connectivity index (χ0) is 19.6. The molecule has 3 rings (SSSR count). The van der Waals surface area contributed by atoms with Crippen LogP contribution in [0, 0.1) is 17.5 Å². The van der Waals surface area contributed by atoms with Gasteiger partial charge in [-0.1, -0.05) is 6.07 Å². The normalized spacial score (nSPS) is 15.0. The van der Waals surface area contributed by atoms with Gasteiger partial charge in [-0.05, 0) is 37.6 Å². The maximum atomic E-state index is 13.7. The van der Waals surface area contributed by atoms with Crippen LogP contribution in [0.15, 0.2) is 36.4 Å². The van der Waals surface area contributed by atoms with Crippen molar-refractivity contribution in [3.63, 3.8) is 0 Å². The van der Waals surface area contributed by atoms with Crippen molar-refractivity contribution in [2.24, 2.45) is 0 Å². The smallest absolute Gasteiger partial charge is 0.265 e. The topological polar surface area (TPSA) is 58.6 Å². The number of benzene rings is 2. The van der Waals surface area contributed by atoms with Crippen LogP contribution in [0.4, 0.5) is 24.5 Å². The summed E-state index contributed by atoms with van der Waals surface area (Å²) in [5.41, 5.74) is 0.181. The quantitative estimate of drug-likeness (QED) is 0.809. The van der Waals surface area contributed by atoms with E-state index >= 15 is 0 Å². The van der Waals surface area contributed by atoms with Crippen LogP contribution < -0.4 is 15.0 Å². The third-order valence-electron chi connectivity index (χ3n) is 4.18. The first-order valence-electron chi connectivity index (χ1n) is 8.38. The number of hydrogen-bond acceptors (Lipinski definition) is 3. The minimum atomic E-state index is -1.66. The number of anilines is 2. The lowest BCUT2D eigenvalue weighted by molar-refractivity contribution is -0.122. The molecule has 1 atom stereocenters. The summed E-state index contributed by atoms with van der Waals surface area (Å²) in [6, 6.07) is 8.35. The molecule has 1 heterocycles. The van der Waals surface area contributed by atoms with E-state index in [0.29, 0.717) is 24.4 Å². The van der Waals surface area contributed by atoms with E-state index in [2.05, 4.69) is 5.32 Å². The minimum absolute atomic E-state index is 0.0201. The van der Waals surface area contributed by atoms with Gasteiger partial charge in [-0.15, -0.1) is 0 Å². The highest BCUT2D eigenvalue weighted by Crippen LogP contribution is 2.26. The lowest BCUT2D eigenvalue weighted by atomic mass is 10.2. The fourth-order valence-corrected chi connectivity index (χ4v) is 2.76. The highest BCUT2D eigenvalue weighted by atomic mass is 19.2. The fourth-order valence-electron chi connectivity index (χ4n) is 2.76. The van der Waals surface area contributed by atoms with Crippen LogP contribution in [0.25, 0.3) is 0 Å². The van der Waals surface area contributed by atoms with Crippen LogP contribution in [0.1, 0.15) is 19.8 Å². The largest absolute Gasteiger partial charge is 0.481 e. The van der Waals surface area contributed by atoms with Gasteiger partial charge in [0.2, 0.25) is 5.91 Å². The van der Waals surface area contributed by atoms with Gasteiger partial charge in [0, 0.05) is 24.7 Å². The molecule has 0 unspecified atom stereocenters. The van der Waals surface area contributed by atoms with E-state index in [4.69, 9.17) is 4.74 Å². The van der Waals surface area contributed by atoms with Gasteiger partial charge in [0.15, 0.2) is 23.6 Å². The lowest BCUT2D eigenvalue weighted by Crippen LogP contribution is -2.30. The average Bonchev–Trinajstić information content (AvgIpc) is 3.08. The summed E-state index contributed by atoms with van der Waals surface area (Å²) >= 11 is 0. The molecule has 1 aliphatic heterocycles. The Morgan fingerprint density at radius 2 is 1.96 bits per heavy atom. The number of nitrogens with one attached hydrogen (secondary N) is 1. The summed E-state index contributed by atoms with van der Waals surface area (Å²) in [5, 5.41) is 2.16. The molecule has 1 N–H and O–H groups in total. The number of ether oxygens (including phenoxy) is 1. The van der Waals surface area contributed by atoms with Crippen molar-refractivity contribution in [3.8, 4) is 5.75 Å². The Balaban J connectivity index is 1.68. The van der Waals surface area contributed by atoms with Crippen LogP contribution in [-0.4, -0.2) is 24.5 Å². The third-order valence-corrected chi connectivity index (χ3v) is 4.18. The summed E-state index contributed by atoms with van der Waals surface area (Å²) in [6.45, 7) is 2.05. The summed E-state index contributed by atoms with van der Waals surface area (Å²) in [7, 11) is 0. The van der Waals surface area contributed by atoms with Crippen LogP contribution in [0.5, 0.6) is 5.75 Å². The Kier molecular flexibility index (Phi) is 5.34. The van der Waals surface area contributed by atoms with Crippen LogP contribution in [0.3, 0.4) is 0 Å². The van der Waals surface area contributed by atoms with Gasteiger partial charge in [0.25, 0.3) is 5.91 Å². The van der Waals surface area contributed by atoms with Crippen molar-refractivity contribution >= 4 is 23.2 Å². The van der Waals surface area contributed by atoms with Crippen molar-refractivity contribution in [3.05, 3.63) is 53.8 Å². The van der Waals surface area contributed by atoms with E-state index in [-0.39, 0.29) is 5.91 Å². The molecule has 0 aliphatic carbocycles. The van der Waals surface area contributed by atoms with Crippen molar-refractivity contribution in [2.75, 3.05) is 16.8 Å². The number of amides is 2. The van der Waals surface area contributed by atoms with Gasteiger partial charge in [-0.3, -0.25) is 9.59 Å². The van der Waals surface area contributed by atoms with Crippen LogP contribution >= 0.6 is 0 Å². The second-order valence-corrected chi connectivity index (χ2v) is 6.12. The second kappa shape index (κ2) is 7.69. The molecule has 0 spiro atoms. The van der Waals surface area contributed by atoms with Crippen molar-refractivity contribution in [1.29, 1.82) is 0 Å². The highest BCUT2D eigenvalue weighted by molar-refractivity contribution is 5.96. The van der Waals surface area contributed by atoms with Crippen molar-refractivity contribution in [1.82, 2.24) is 0 Å². The summed E-state index contributed by atoms with van der Waals surface area (Å²) in [4.78, 5) is 25.6. The number of carbonyl (C=O) groups is 2. The zero-order valence-electron chi connectivity index (χ0n) is 14.5. The Bertz CT molecular complexity index is 888. The Labute approximate surface area is 153 Å². The summed E-state index contributed by atoms with van der Waals surface area (Å²) in [5.74, 6) is -4.85. The van der Waals surface area contributed by atoms with E-state index < -0.39 is 35.2 Å². The molecular formula is C19H17F3N2O3. The van der Waals surface area contributed by atoms with E-state index in [1.165, 1.54) is 6.92 Å². The Hall–Kier alpha value is -3.03. The summed E-state index contributed by atoms with van der Waals surface area (Å²) < 4.78 is 45.4. The second-order valence-electron chi connectivity index (χ2n) is 6.12. The molecule has 1 saturated heterocycles. The van der Waals surface area contributed by atoms with Gasteiger partial charge >= 0.3 is 0 Å². The lowest BCUT2D eigenvalue weighted by Gasteiger charge is -2.19. The zero-order valence-corrected chi connectivity index (χ0v) is 14.5. The SMILES string of the molecule is C[C@@H](Oc1cccc(N2CCCC2=O)c1)C(=O)Nc1ccc(F)c(F)c1F. The monoisotopic (exact) mass is 378 g/mol. The molecule has 1 aliphatic rings. The predicted molar refractivity (Wildman–Crippen MR) is 93.1 cm³/mol. The fraction of sp³-hybridized carbons (Fsp3) is 0.263. The van der Waals surface area contributed by atoms with E-state index in [1.807, 2.05) is 0 Å². The first kappa shape index (κ1) is 18.8. The van der Waals surface area contributed by atoms with Gasteiger partial charge in [0.05, 0.1) is 5.69 Å². The van der Waals surface area contributed by atoms with Gasteiger partial charge in [-0.25, -0.2) is 13.2 Å². The number of rotatable bonds is 5. The maximum absolute atomic E-state index is 13.7. The molecule has 0 aromatic heterocycles. The van der Waals surface area contributed by atoms with Gasteiger partial charge in [0.1, 0.15) is 5.75 Å². The standard InChI is InChI=1S/C19H17F3N2O3/c1-11(19(26)23-15-8-7-14(20)17(21)18(15)22)27-13-5-2-4-12(10-13)24-9-3-6-16(24)25/h2,4-5,7-8,10-11H,3,6,9H2,1H3,(H,23,26)/t11-/m1/s1. The molecule has 27 heavy (non-hydrogen) atoms. The Morgan fingerprint density at radius 3 is 2.67 bits per heavy atom. The van der Waals surface area contributed by atoms with E-state index in [1.54, 1.807) is 29.2 Å². The van der Waals surface area contributed by atoms with Crippen LogP contribution in [-0.2, 0) is 9.59 Å². The summed E-state index contributed by atoms with van der Waals surface area (Å²) in [6.07, 6.45) is 0.230. The Morgan fingerprint density at radius 1 is 1.19 bits per heavy atom. The molecule has 5 nitrogen and oxygen atoms in total. The van der Waals surface area contributed by atoms with Gasteiger partial charge in [-0.2, -0.15) is 0 Å². The molecule has 8 heteroatoms. The number of hydrogen-bond donors (Lipinski definition) is 1. The molecule has 142 valence electrons. The number of halogens is 3. The highest BCUT2D eigenvalue weighted by Gasteiger charge is 2.23. The molecular weight excluding hydrogens is 361 g/mol. The van der Waals surface area contributed by atoms with E-state index in [9.17, 15) is 22.8 Å². The third kappa shape index (κ3) is 4.05. The molecule has 2 aromatic rings. The molecule has 0 radical (unpaired) electrons. The molecule has 1 fully saturated rings. The minimum Gasteiger partial charge on any atom is -0.481 e. The first-order chi connectivity index (χ1) is 12.9. The molecule has 2 amide bonds. The molecule has 0 bridgehead atoms. The maximum Gasteiger partial charge on any atom is 0.265 e. The van der Waals surface area contributed by atoms with Gasteiger partial charge < -0.3 is 15.0 Å². The number of carbonyl (C=O) groups excluding carboxylic acids is 2. The number of nitrogens with zero attached hydrogens (tertiary/aromatic N) is 1.